The first-order chi connectivity index (χ1) is 11.0. The van der Waals surface area contributed by atoms with Gasteiger partial charge in [-0.25, -0.2) is 13.2 Å². The lowest BCUT2D eigenvalue weighted by molar-refractivity contribution is -0.0436. The predicted octanol–water partition coefficient (Wildman–Crippen LogP) is 3.14. The van der Waals surface area contributed by atoms with Gasteiger partial charge >= 0.3 is 11.6 Å². The summed E-state index contributed by atoms with van der Waals surface area (Å²) < 4.78 is 60.0. The van der Waals surface area contributed by atoms with E-state index in [-0.39, 0.29) is 5.41 Å². The predicted molar refractivity (Wildman–Crippen MR) is 78.9 cm³/mol. The first kappa shape index (κ1) is 16.8. The number of amides is 1. The van der Waals surface area contributed by atoms with Crippen LogP contribution in [0.15, 0.2) is 34.7 Å². The second-order valence-corrected chi connectivity index (χ2v) is 8.25. The van der Waals surface area contributed by atoms with Crippen LogP contribution in [0, 0.1) is 5.41 Å². The number of sulfone groups is 1. The number of likely N-dealkylation sites (tertiary alicyclic amines) is 1. The second kappa shape index (κ2) is 5.23. The lowest BCUT2D eigenvalue weighted by Crippen LogP contribution is -2.61. The first-order valence-corrected chi connectivity index (χ1v) is 8.60. The summed E-state index contributed by atoms with van der Waals surface area (Å²) in [4.78, 5) is 11.3. The Balaban J connectivity index is 1.66. The van der Waals surface area contributed by atoms with Crippen LogP contribution in [0.25, 0.3) is 6.08 Å². The summed E-state index contributed by atoms with van der Waals surface area (Å²) in [6.07, 6.45) is 2.37. The number of alkyl halides is 3. The van der Waals surface area contributed by atoms with Crippen molar-refractivity contribution in [3.63, 3.8) is 0 Å². The smallest absolute Gasteiger partial charge is 0.465 e. The number of carbonyl (C=O) groups is 1. The molecule has 2 aliphatic rings. The van der Waals surface area contributed by atoms with E-state index in [2.05, 4.69) is 0 Å². The summed E-state index contributed by atoms with van der Waals surface area (Å²) in [5.74, 6) is 0. The molecule has 1 saturated heterocycles. The van der Waals surface area contributed by atoms with E-state index in [1.54, 1.807) is 6.08 Å². The molecule has 0 radical (unpaired) electrons. The van der Waals surface area contributed by atoms with E-state index in [1.807, 2.05) is 0 Å². The molecule has 5 nitrogen and oxygen atoms in total. The molecule has 1 aromatic carbocycles. The van der Waals surface area contributed by atoms with E-state index < -0.39 is 26.3 Å². The van der Waals surface area contributed by atoms with E-state index in [0.29, 0.717) is 18.7 Å². The number of hydrogen-bond acceptors (Lipinski definition) is 3. The van der Waals surface area contributed by atoms with Crippen molar-refractivity contribution in [3.05, 3.63) is 35.4 Å². The standard InChI is InChI=1S/C15H14F3NO4S/c16-15(17,18)24(22,23)12-3-1-10(2-4-12)5-11-6-14(7-11)8-19(9-14)13(20)21/h1-5H,6-9H2,(H,20,21). The van der Waals surface area contributed by atoms with Crippen molar-refractivity contribution in [3.8, 4) is 0 Å². The van der Waals surface area contributed by atoms with E-state index in [0.717, 1.165) is 30.5 Å². The number of carboxylic acid groups (broad SMARTS) is 1. The van der Waals surface area contributed by atoms with Gasteiger partial charge < -0.3 is 10.0 Å². The van der Waals surface area contributed by atoms with Crippen molar-refractivity contribution < 1.29 is 31.5 Å². The fraction of sp³-hybridized carbons (Fsp3) is 0.400. The van der Waals surface area contributed by atoms with E-state index in [1.165, 1.54) is 17.0 Å². The van der Waals surface area contributed by atoms with E-state index in [9.17, 15) is 26.4 Å². The number of nitrogens with zero attached hydrogens (tertiary/aromatic N) is 1. The van der Waals surface area contributed by atoms with Crippen LogP contribution in [0.4, 0.5) is 18.0 Å². The summed E-state index contributed by atoms with van der Waals surface area (Å²) >= 11 is 0. The zero-order valence-corrected chi connectivity index (χ0v) is 13.2. The average Bonchev–Trinajstić information content (AvgIpc) is 2.38. The molecule has 2 fully saturated rings. The highest BCUT2D eigenvalue weighted by atomic mass is 32.2. The van der Waals surface area contributed by atoms with Crippen LogP contribution in [0.5, 0.6) is 0 Å². The second-order valence-electron chi connectivity index (χ2n) is 6.31. The maximum Gasteiger partial charge on any atom is 0.501 e. The molecular weight excluding hydrogens is 347 g/mol. The van der Waals surface area contributed by atoms with Crippen molar-refractivity contribution >= 4 is 22.0 Å². The van der Waals surface area contributed by atoms with Crippen LogP contribution in [-0.4, -0.2) is 43.1 Å². The maximum absolute atomic E-state index is 12.5. The third-order valence-electron chi connectivity index (χ3n) is 4.39. The molecule has 1 aliphatic heterocycles. The maximum atomic E-state index is 12.5. The van der Waals surface area contributed by atoms with Gasteiger partial charge in [0.2, 0.25) is 0 Å². The number of hydrogen-bond donors (Lipinski definition) is 1. The fourth-order valence-corrected chi connectivity index (χ4v) is 4.01. The Morgan fingerprint density at radius 3 is 2.17 bits per heavy atom. The van der Waals surface area contributed by atoms with Crippen molar-refractivity contribution in [1.29, 1.82) is 0 Å². The molecule has 9 heteroatoms. The summed E-state index contributed by atoms with van der Waals surface area (Å²) in [5.41, 5.74) is -3.61. The third kappa shape index (κ3) is 2.77. The largest absolute Gasteiger partial charge is 0.501 e. The van der Waals surface area contributed by atoms with Gasteiger partial charge in [0.15, 0.2) is 0 Å². The van der Waals surface area contributed by atoms with Crippen molar-refractivity contribution in [2.24, 2.45) is 5.41 Å². The molecular formula is C15H14F3NO4S. The van der Waals surface area contributed by atoms with Crippen molar-refractivity contribution in [1.82, 2.24) is 4.90 Å². The Morgan fingerprint density at radius 2 is 1.71 bits per heavy atom. The van der Waals surface area contributed by atoms with Crippen LogP contribution in [0.1, 0.15) is 18.4 Å². The summed E-state index contributed by atoms with van der Waals surface area (Å²) in [7, 11) is -5.32. The van der Waals surface area contributed by atoms with Crippen LogP contribution in [0.2, 0.25) is 0 Å². The Labute approximate surface area is 136 Å². The Morgan fingerprint density at radius 1 is 1.17 bits per heavy atom. The average molecular weight is 361 g/mol. The van der Waals surface area contributed by atoms with Gasteiger partial charge in [-0.1, -0.05) is 23.8 Å². The van der Waals surface area contributed by atoms with Gasteiger partial charge in [-0.15, -0.1) is 0 Å². The molecule has 1 heterocycles. The first-order valence-electron chi connectivity index (χ1n) is 7.11. The van der Waals surface area contributed by atoms with E-state index in [4.69, 9.17) is 5.11 Å². The molecule has 0 unspecified atom stereocenters. The number of benzene rings is 1. The summed E-state index contributed by atoms with van der Waals surface area (Å²) in [6.45, 7) is 1.00. The summed E-state index contributed by atoms with van der Waals surface area (Å²) in [6, 6.07) is 4.56. The van der Waals surface area contributed by atoms with E-state index >= 15 is 0 Å². The van der Waals surface area contributed by atoms with Crippen molar-refractivity contribution in [2.75, 3.05) is 13.1 Å². The highest BCUT2D eigenvalue weighted by molar-refractivity contribution is 7.92. The SMILES string of the molecule is O=C(O)N1CC2(CC(=Cc3ccc(S(=O)(=O)C(F)(F)F)cc3)C2)C1. The molecule has 1 N–H and O–H groups in total. The fourth-order valence-electron chi connectivity index (χ4n) is 3.25. The van der Waals surface area contributed by atoms with Gasteiger partial charge in [0.25, 0.3) is 9.84 Å². The van der Waals surface area contributed by atoms with Gasteiger partial charge in [-0.2, -0.15) is 13.2 Å². The van der Waals surface area contributed by atoms with Crippen molar-refractivity contribution in [2.45, 2.75) is 23.2 Å². The zero-order chi connectivity index (χ0) is 17.8. The Kier molecular flexibility index (Phi) is 3.67. The molecule has 3 rings (SSSR count). The normalized spacial score (nSPS) is 19.6. The Bertz CT molecular complexity index is 796. The van der Waals surface area contributed by atoms with Gasteiger partial charge in [-0.3, -0.25) is 0 Å². The zero-order valence-electron chi connectivity index (χ0n) is 12.4. The molecule has 130 valence electrons. The molecule has 24 heavy (non-hydrogen) atoms. The summed E-state index contributed by atoms with van der Waals surface area (Å²) in [5, 5.41) is 8.82. The monoisotopic (exact) mass is 361 g/mol. The molecule has 0 bridgehead atoms. The van der Waals surface area contributed by atoms with Gasteiger partial charge in [0.1, 0.15) is 0 Å². The molecule has 1 amide bonds. The van der Waals surface area contributed by atoms with Crippen LogP contribution in [0.3, 0.4) is 0 Å². The number of allylic oxidation sites excluding steroid dienone is 1. The number of halogens is 3. The lowest BCUT2D eigenvalue weighted by Gasteiger charge is -2.55. The third-order valence-corrected chi connectivity index (χ3v) is 5.90. The molecule has 1 aromatic rings. The van der Waals surface area contributed by atoms with Crippen LogP contribution in [-0.2, 0) is 9.84 Å². The molecule has 1 aliphatic carbocycles. The highest BCUT2D eigenvalue weighted by Gasteiger charge is 2.51. The van der Waals surface area contributed by atoms with Crippen LogP contribution >= 0.6 is 0 Å². The molecule has 1 spiro atoms. The van der Waals surface area contributed by atoms with Gasteiger partial charge in [0.05, 0.1) is 4.90 Å². The molecule has 0 aromatic heterocycles. The highest BCUT2D eigenvalue weighted by Crippen LogP contribution is 2.52. The minimum Gasteiger partial charge on any atom is -0.465 e. The minimum atomic E-state index is -5.32. The quantitative estimate of drug-likeness (QED) is 0.878. The molecule has 0 atom stereocenters. The molecule has 1 saturated carbocycles. The Hall–Kier alpha value is -2.03. The topological polar surface area (TPSA) is 74.7 Å². The van der Waals surface area contributed by atoms with Gasteiger partial charge in [-0.05, 0) is 30.5 Å². The van der Waals surface area contributed by atoms with Crippen LogP contribution < -0.4 is 0 Å². The number of rotatable bonds is 2. The minimum absolute atomic E-state index is 0.00376. The lowest BCUT2D eigenvalue weighted by atomic mass is 9.60. The van der Waals surface area contributed by atoms with Gasteiger partial charge in [0, 0.05) is 18.5 Å².